The molecule has 1 heterocycles. The van der Waals surface area contributed by atoms with Crippen LogP contribution in [0.25, 0.3) is 10.9 Å². The van der Waals surface area contributed by atoms with Crippen LogP contribution < -0.4 is 10.6 Å². The molecule has 0 aliphatic heterocycles. The van der Waals surface area contributed by atoms with Crippen molar-refractivity contribution in [1.82, 2.24) is 15.2 Å². The highest BCUT2D eigenvalue weighted by Gasteiger charge is 2.15. The number of hydrogen-bond donors (Lipinski definition) is 3. The summed E-state index contributed by atoms with van der Waals surface area (Å²) in [5, 5.41) is 16.6. The van der Waals surface area contributed by atoms with Gasteiger partial charge < -0.3 is 25.0 Å². The molecular formula is C15H21N3O3. The maximum Gasteiger partial charge on any atom is 0.314 e. The van der Waals surface area contributed by atoms with E-state index in [1.807, 2.05) is 42.1 Å². The lowest BCUT2D eigenvalue weighted by Crippen LogP contribution is -2.39. The van der Waals surface area contributed by atoms with Gasteiger partial charge in [-0.1, -0.05) is 18.2 Å². The summed E-state index contributed by atoms with van der Waals surface area (Å²) in [5.74, 6) is 0. The van der Waals surface area contributed by atoms with Crippen molar-refractivity contribution >= 4 is 16.9 Å². The Bertz CT molecular complexity index is 609. The smallest absolute Gasteiger partial charge is 0.314 e. The molecule has 1 aromatic carbocycles. The molecule has 114 valence electrons. The van der Waals surface area contributed by atoms with Gasteiger partial charge in [-0.05, 0) is 6.07 Å². The van der Waals surface area contributed by atoms with Gasteiger partial charge in [-0.25, -0.2) is 4.79 Å². The van der Waals surface area contributed by atoms with E-state index in [0.29, 0.717) is 13.2 Å². The predicted octanol–water partition coefficient (Wildman–Crippen LogP) is 1.16. The number of aromatic nitrogens is 1. The number of urea groups is 1. The topological polar surface area (TPSA) is 75.5 Å². The van der Waals surface area contributed by atoms with Gasteiger partial charge in [-0.15, -0.1) is 0 Å². The van der Waals surface area contributed by atoms with Gasteiger partial charge in [0, 0.05) is 49.9 Å². The van der Waals surface area contributed by atoms with Crippen molar-refractivity contribution < 1.29 is 14.6 Å². The largest absolute Gasteiger partial charge is 0.386 e. The average molecular weight is 291 g/mol. The van der Waals surface area contributed by atoms with E-state index in [0.717, 1.165) is 16.5 Å². The second-order valence-corrected chi connectivity index (χ2v) is 4.86. The van der Waals surface area contributed by atoms with Gasteiger partial charge in [-0.3, -0.25) is 0 Å². The fourth-order valence-electron chi connectivity index (χ4n) is 2.27. The number of methoxy groups -OCH3 is 1. The van der Waals surface area contributed by atoms with Crippen molar-refractivity contribution in [1.29, 1.82) is 0 Å². The first-order chi connectivity index (χ1) is 10.1. The lowest BCUT2D eigenvalue weighted by atomic mass is 10.1. The van der Waals surface area contributed by atoms with Crippen LogP contribution in [0.3, 0.4) is 0 Å². The van der Waals surface area contributed by atoms with Gasteiger partial charge in [0.15, 0.2) is 0 Å². The Hall–Kier alpha value is -2.05. The first-order valence-corrected chi connectivity index (χ1v) is 6.86. The Morgan fingerprint density at radius 1 is 1.38 bits per heavy atom. The number of ether oxygens (including phenoxy) is 1. The summed E-state index contributed by atoms with van der Waals surface area (Å²) >= 11 is 0. The minimum absolute atomic E-state index is 0.160. The monoisotopic (exact) mass is 291 g/mol. The normalized spacial score (nSPS) is 12.3. The molecule has 0 saturated carbocycles. The van der Waals surface area contributed by atoms with E-state index < -0.39 is 6.10 Å². The van der Waals surface area contributed by atoms with Crippen molar-refractivity contribution in [3.05, 3.63) is 36.0 Å². The van der Waals surface area contributed by atoms with E-state index in [2.05, 4.69) is 10.6 Å². The van der Waals surface area contributed by atoms with Gasteiger partial charge >= 0.3 is 6.03 Å². The van der Waals surface area contributed by atoms with Crippen LogP contribution in [-0.4, -0.2) is 42.5 Å². The van der Waals surface area contributed by atoms with Crippen LogP contribution in [0, 0.1) is 0 Å². The Morgan fingerprint density at radius 3 is 2.90 bits per heavy atom. The number of carbonyl (C=O) groups excluding carboxylic acids is 1. The van der Waals surface area contributed by atoms with Crippen molar-refractivity contribution in [2.75, 3.05) is 26.8 Å². The number of aliphatic hydroxyl groups is 1. The van der Waals surface area contributed by atoms with E-state index >= 15 is 0 Å². The first kappa shape index (κ1) is 15.3. The first-order valence-electron chi connectivity index (χ1n) is 6.86. The quantitative estimate of drug-likeness (QED) is 0.699. The Morgan fingerprint density at radius 2 is 2.14 bits per heavy atom. The molecule has 0 saturated heterocycles. The fourth-order valence-corrected chi connectivity index (χ4v) is 2.27. The van der Waals surface area contributed by atoms with Crippen molar-refractivity contribution in [3.63, 3.8) is 0 Å². The summed E-state index contributed by atoms with van der Waals surface area (Å²) in [6.45, 7) is 1.05. The number of carbonyl (C=O) groups is 1. The molecule has 0 aliphatic rings. The summed E-state index contributed by atoms with van der Waals surface area (Å²) in [5.41, 5.74) is 1.86. The number of aryl methyl sites for hydroxylation is 1. The molecule has 0 aliphatic carbocycles. The minimum atomic E-state index is -0.746. The molecule has 21 heavy (non-hydrogen) atoms. The van der Waals surface area contributed by atoms with Crippen LogP contribution in [0.1, 0.15) is 11.7 Å². The van der Waals surface area contributed by atoms with Crippen LogP contribution >= 0.6 is 0 Å². The number of fused-ring (bicyclic) bond motifs is 1. The zero-order valence-electron chi connectivity index (χ0n) is 12.3. The molecule has 3 N–H and O–H groups in total. The fraction of sp³-hybridized carbons (Fsp3) is 0.400. The minimum Gasteiger partial charge on any atom is -0.386 e. The van der Waals surface area contributed by atoms with E-state index in [9.17, 15) is 9.90 Å². The van der Waals surface area contributed by atoms with Crippen molar-refractivity contribution in [2.24, 2.45) is 7.05 Å². The highest BCUT2D eigenvalue weighted by atomic mass is 16.5. The van der Waals surface area contributed by atoms with Crippen LogP contribution in [0.5, 0.6) is 0 Å². The van der Waals surface area contributed by atoms with Crippen molar-refractivity contribution in [2.45, 2.75) is 6.10 Å². The lowest BCUT2D eigenvalue weighted by molar-refractivity contribution is 0.172. The maximum absolute atomic E-state index is 11.5. The molecule has 1 atom stereocenters. The number of benzene rings is 1. The lowest BCUT2D eigenvalue weighted by Gasteiger charge is -2.12. The molecule has 2 aromatic rings. The molecule has 0 bridgehead atoms. The van der Waals surface area contributed by atoms with E-state index in [1.165, 1.54) is 0 Å². The molecule has 6 nitrogen and oxygen atoms in total. The van der Waals surface area contributed by atoms with Gasteiger partial charge in [0.25, 0.3) is 0 Å². The maximum atomic E-state index is 11.5. The van der Waals surface area contributed by atoms with Gasteiger partial charge in [0.05, 0.1) is 12.7 Å². The zero-order valence-corrected chi connectivity index (χ0v) is 12.3. The third-order valence-corrected chi connectivity index (χ3v) is 3.33. The second-order valence-electron chi connectivity index (χ2n) is 4.86. The number of nitrogens with one attached hydrogen (secondary N) is 2. The number of aliphatic hydroxyl groups excluding tert-OH is 1. The molecule has 6 heteroatoms. The third-order valence-electron chi connectivity index (χ3n) is 3.33. The van der Waals surface area contributed by atoms with Gasteiger partial charge in [-0.2, -0.15) is 0 Å². The Labute approximate surface area is 123 Å². The number of para-hydroxylation sites is 1. The summed E-state index contributed by atoms with van der Waals surface area (Å²) in [6.07, 6.45) is 1.14. The molecule has 0 radical (unpaired) electrons. The standard InChI is InChI=1S/C15H21N3O3/c1-18-10-12(11-5-3-4-6-13(11)18)14(19)9-17-15(20)16-7-8-21-2/h3-6,10,14,19H,7-9H2,1-2H3,(H2,16,17,20). The zero-order chi connectivity index (χ0) is 15.2. The van der Waals surface area contributed by atoms with E-state index in [-0.39, 0.29) is 12.6 Å². The van der Waals surface area contributed by atoms with Crippen molar-refractivity contribution in [3.8, 4) is 0 Å². The highest BCUT2D eigenvalue weighted by Crippen LogP contribution is 2.25. The highest BCUT2D eigenvalue weighted by molar-refractivity contribution is 5.84. The predicted molar refractivity (Wildman–Crippen MR) is 81.2 cm³/mol. The number of hydrogen-bond acceptors (Lipinski definition) is 3. The Balaban J connectivity index is 1.96. The van der Waals surface area contributed by atoms with E-state index in [4.69, 9.17) is 4.74 Å². The summed E-state index contributed by atoms with van der Waals surface area (Å²) in [4.78, 5) is 11.5. The molecule has 0 fully saturated rings. The third kappa shape index (κ3) is 3.74. The molecule has 2 rings (SSSR count). The molecular weight excluding hydrogens is 270 g/mol. The molecule has 2 amide bonds. The van der Waals surface area contributed by atoms with Crippen LogP contribution in [0.15, 0.2) is 30.5 Å². The summed E-state index contributed by atoms with van der Waals surface area (Å²) in [6, 6.07) is 7.54. The number of amides is 2. The SMILES string of the molecule is COCCNC(=O)NCC(O)c1cn(C)c2ccccc12. The van der Waals surface area contributed by atoms with Crippen LogP contribution in [-0.2, 0) is 11.8 Å². The molecule has 1 aromatic heterocycles. The summed E-state index contributed by atoms with van der Waals surface area (Å²) < 4.78 is 6.81. The second kappa shape index (κ2) is 7.10. The average Bonchev–Trinajstić information content (AvgIpc) is 2.83. The summed E-state index contributed by atoms with van der Waals surface area (Å²) in [7, 11) is 3.51. The Kier molecular flexibility index (Phi) is 5.19. The van der Waals surface area contributed by atoms with Crippen LogP contribution in [0.4, 0.5) is 4.79 Å². The van der Waals surface area contributed by atoms with Crippen LogP contribution in [0.2, 0.25) is 0 Å². The molecule has 0 spiro atoms. The number of nitrogens with zero attached hydrogens (tertiary/aromatic N) is 1. The van der Waals surface area contributed by atoms with Gasteiger partial charge in [0.2, 0.25) is 0 Å². The number of rotatable bonds is 6. The molecule has 1 unspecified atom stereocenters. The van der Waals surface area contributed by atoms with Gasteiger partial charge in [0.1, 0.15) is 0 Å². The van der Waals surface area contributed by atoms with E-state index in [1.54, 1.807) is 7.11 Å².